The van der Waals surface area contributed by atoms with Crippen molar-refractivity contribution in [3.8, 4) is 5.75 Å². The zero-order valence-corrected chi connectivity index (χ0v) is 10.1. The monoisotopic (exact) mass is 238 g/mol. The first-order chi connectivity index (χ1) is 7.65. The maximum absolute atomic E-state index is 11.4. The number of Topliss-reactive ketones (excluding diaryl/α,β-unsaturated/α-hetero) is 1. The number of allylic oxidation sites excluding steroid dienone is 1. The van der Waals surface area contributed by atoms with Gasteiger partial charge in [-0.1, -0.05) is 17.7 Å². The average Bonchev–Trinajstić information content (AvgIpc) is 2.26. The second-order valence-electron chi connectivity index (χ2n) is 3.48. The highest BCUT2D eigenvalue weighted by Gasteiger charge is 2.08. The Balaban J connectivity index is 2.71. The first kappa shape index (κ1) is 12.8. The normalized spacial score (nSPS) is 9.88. The second-order valence-corrected chi connectivity index (χ2v) is 3.91. The Morgan fingerprint density at radius 1 is 1.56 bits per heavy atom. The molecule has 2 nitrogen and oxygen atoms in total. The van der Waals surface area contributed by atoms with Gasteiger partial charge in [-0.2, -0.15) is 0 Å². The molecule has 0 unspecified atom stereocenters. The fourth-order valence-electron chi connectivity index (χ4n) is 1.31. The number of unbranched alkanes of at least 4 members (excludes halogenated alkanes) is 1. The summed E-state index contributed by atoms with van der Waals surface area (Å²) in [6.07, 6.45) is 3.64. The third-order valence-electron chi connectivity index (χ3n) is 2.13. The molecule has 0 bridgehead atoms. The minimum atomic E-state index is -0.0405. The van der Waals surface area contributed by atoms with Crippen molar-refractivity contribution in [2.24, 2.45) is 0 Å². The molecule has 1 aromatic carbocycles. The number of hydrogen-bond donors (Lipinski definition) is 0. The van der Waals surface area contributed by atoms with Gasteiger partial charge in [-0.3, -0.25) is 4.79 Å². The zero-order valence-electron chi connectivity index (χ0n) is 9.33. The second kappa shape index (κ2) is 6.33. The molecule has 1 aromatic rings. The van der Waals surface area contributed by atoms with E-state index in [1.807, 2.05) is 6.08 Å². The summed E-state index contributed by atoms with van der Waals surface area (Å²) in [4.78, 5) is 11.4. The van der Waals surface area contributed by atoms with Crippen LogP contribution in [-0.2, 0) is 0 Å². The van der Waals surface area contributed by atoms with Crippen molar-refractivity contribution >= 4 is 17.4 Å². The van der Waals surface area contributed by atoms with E-state index in [9.17, 15) is 4.79 Å². The van der Waals surface area contributed by atoms with E-state index < -0.39 is 0 Å². The number of ether oxygens (including phenoxy) is 1. The molecule has 16 heavy (non-hydrogen) atoms. The summed E-state index contributed by atoms with van der Waals surface area (Å²) in [7, 11) is 0. The molecule has 0 amide bonds. The topological polar surface area (TPSA) is 26.3 Å². The Bertz CT molecular complexity index is 386. The first-order valence-electron chi connectivity index (χ1n) is 5.19. The van der Waals surface area contributed by atoms with Crippen LogP contribution >= 0.6 is 11.6 Å². The van der Waals surface area contributed by atoms with Crippen LogP contribution in [0.1, 0.15) is 30.1 Å². The van der Waals surface area contributed by atoms with E-state index in [1.165, 1.54) is 6.92 Å². The smallest absolute Gasteiger partial charge is 0.163 e. The Morgan fingerprint density at radius 3 is 2.94 bits per heavy atom. The van der Waals surface area contributed by atoms with Crippen LogP contribution in [0.25, 0.3) is 0 Å². The van der Waals surface area contributed by atoms with Crippen molar-refractivity contribution in [1.29, 1.82) is 0 Å². The quantitative estimate of drug-likeness (QED) is 0.427. The molecule has 0 saturated heterocycles. The van der Waals surface area contributed by atoms with Gasteiger partial charge in [0.1, 0.15) is 5.75 Å². The first-order valence-corrected chi connectivity index (χ1v) is 5.57. The summed E-state index contributed by atoms with van der Waals surface area (Å²) >= 11 is 5.82. The third kappa shape index (κ3) is 3.70. The summed E-state index contributed by atoms with van der Waals surface area (Å²) < 4.78 is 5.53. The lowest BCUT2D eigenvalue weighted by Crippen LogP contribution is -2.02. The van der Waals surface area contributed by atoms with E-state index in [1.54, 1.807) is 18.2 Å². The Kier molecular flexibility index (Phi) is 5.06. The Hall–Kier alpha value is -1.28. The summed E-state index contributed by atoms with van der Waals surface area (Å²) in [5.74, 6) is 0.558. The van der Waals surface area contributed by atoms with E-state index in [4.69, 9.17) is 16.3 Å². The molecule has 3 heteroatoms. The molecule has 0 aliphatic carbocycles. The molecule has 0 atom stereocenters. The lowest BCUT2D eigenvalue weighted by Gasteiger charge is -2.09. The summed E-state index contributed by atoms with van der Waals surface area (Å²) in [6.45, 7) is 5.72. The molecule has 0 aliphatic rings. The van der Waals surface area contributed by atoms with Gasteiger partial charge in [0, 0.05) is 5.02 Å². The van der Waals surface area contributed by atoms with Gasteiger partial charge >= 0.3 is 0 Å². The number of benzene rings is 1. The molecular formula is C13H15ClO2. The highest BCUT2D eigenvalue weighted by Crippen LogP contribution is 2.23. The number of carbonyl (C=O) groups is 1. The van der Waals surface area contributed by atoms with Gasteiger partial charge in [0.2, 0.25) is 0 Å². The molecule has 0 radical (unpaired) electrons. The lowest BCUT2D eigenvalue weighted by atomic mass is 10.1. The van der Waals surface area contributed by atoms with E-state index in [-0.39, 0.29) is 5.78 Å². The maximum atomic E-state index is 11.4. The number of halogens is 1. The number of ketones is 1. The van der Waals surface area contributed by atoms with Gasteiger partial charge in [-0.05, 0) is 38.0 Å². The molecule has 0 fully saturated rings. The van der Waals surface area contributed by atoms with Gasteiger partial charge in [-0.15, -0.1) is 6.58 Å². The molecule has 0 N–H and O–H groups in total. The summed E-state index contributed by atoms with van der Waals surface area (Å²) in [5, 5.41) is 0.545. The fraction of sp³-hybridized carbons (Fsp3) is 0.308. The molecule has 0 heterocycles. The van der Waals surface area contributed by atoms with Crippen molar-refractivity contribution in [2.75, 3.05) is 6.61 Å². The molecule has 0 spiro atoms. The maximum Gasteiger partial charge on any atom is 0.163 e. The lowest BCUT2D eigenvalue weighted by molar-refractivity contribution is 0.101. The van der Waals surface area contributed by atoms with Crippen LogP contribution < -0.4 is 4.74 Å². The van der Waals surface area contributed by atoms with Gasteiger partial charge in [-0.25, -0.2) is 0 Å². The predicted octanol–water partition coefficient (Wildman–Crippen LogP) is 3.89. The number of carbonyl (C=O) groups excluding carboxylic acids is 1. The van der Waals surface area contributed by atoms with Gasteiger partial charge in [0.15, 0.2) is 5.78 Å². The minimum absolute atomic E-state index is 0.0405. The SMILES string of the molecule is C=CCCCOc1ccc(Cl)cc1C(C)=O. The van der Waals surface area contributed by atoms with Gasteiger partial charge in [0.05, 0.1) is 12.2 Å². The van der Waals surface area contributed by atoms with E-state index in [0.29, 0.717) is 22.9 Å². The highest BCUT2D eigenvalue weighted by molar-refractivity contribution is 6.31. The van der Waals surface area contributed by atoms with Crippen LogP contribution in [0.2, 0.25) is 5.02 Å². The molecule has 0 saturated carbocycles. The number of hydrogen-bond acceptors (Lipinski definition) is 2. The molecule has 1 rings (SSSR count). The summed E-state index contributed by atoms with van der Waals surface area (Å²) in [6, 6.07) is 5.08. The van der Waals surface area contributed by atoms with Crippen molar-refractivity contribution < 1.29 is 9.53 Å². The largest absolute Gasteiger partial charge is 0.493 e. The molecule has 0 aromatic heterocycles. The van der Waals surface area contributed by atoms with Crippen LogP contribution in [0.3, 0.4) is 0 Å². The zero-order chi connectivity index (χ0) is 12.0. The third-order valence-corrected chi connectivity index (χ3v) is 2.37. The Morgan fingerprint density at radius 2 is 2.31 bits per heavy atom. The van der Waals surface area contributed by atoms with E-state index in [0.717, 1.165) is 12.8 Å². The van der Waals surface area contributed by atoms with Crippen molar-refractivity contribution in [2.45, 2.75) is 19.8 Å². The standard InChI is InChI=1S/C13H15ClO2/c1-3-4-5-8-16-13-7-6-11(14)9-12(13)10(2)15/h3,6-7,9H,1,4-5,8H2,2H3. The molecular weight excluding hydrogens is 224 g/mol. The van der Waals surface area contributed by atoms with Crippen LogP contribution in [0.4, 0.5) is 0 Å². The fourth-order valence-corrected chi connectivity index (χ4v) is 1.49. The van der Waals surface area contributed by atoms with Crippen LogP contribution in [0, 0.1) is 0 Å². The Labute approximate surface area is 101 Å². The van der Waals surface area contributed by atoms with E-state index in [2.05, 4.69) is 6.58 Å². The number of rotatable bonds is 6. The van der Waals surface area contributed by atoms with Crippen molar-refractivity contribution in [3.05, 3.63) is 41.4 Å². The van der Waals surface area contributed by atoms with Crippen molar-refractivity contribution in [3.63, 3.8) is 0 Å². The average molecular weight is 239 g/mol. The molecule has 0 aliphatic heterocycles. The predicted molar refractivity (Wildman–Crippen MR) is 66.4 cm³/mol. The minimum Gasteiger partial charge on any atom is -0.493 e. The van der Waals surface area contributed by atoms with Gasteiger partial charge < -0.3 is 4.74 Å². The van der Waals surface area contributed by atoms with Crippen LogP contribution in [-0.4, -0.2) is 12.4 Å². The molecule has 86 valence electrons. The van der Waals surface area contributed by atoms with Crippen molar-refractivity contribution in [1.82, 2.24) is 0 Å². The highest BCUT2D eigenvalue weighted by atomic mass is 35.5. The van der Waals surface area contributed by atoms with Crippen LogP contribution in [0.15, 0.2) is 30.9 Å². The van der Waals surface area contributed by atoms with E-state index >= 15 is 0 Å². The van der Waals surface area contributed by atoms with Crippen LogP contribution in [0.5, 0.6) is 5.75 Å². The van der Waals surface area contributed by atoms with Gasteiger partial charge in [0.25, 0.3) is 0 Å². The summed E-state index contributed by atoms with van der Waals surface area (Å²) in [5.41, 5.74) is 0.533.